The molecular formula is C24H18O4. The van der Waals surface area contributed by atoms with Crippen LogP contribution in [0.25, 0.3) is 0 Å². The van der Waals surface area contributed by atoms with E-state index in [1.165, 1.54) is 6.08 Å². The molecule has 0 bridgehead atoms. The Morgan fingerprint density at radius 1 is 0.571 bits per heavy atom. The highest BCUT2D eigenvalue weighted by Crippen LogP contribution is 2.25. The van der Waals surface area contributed by atoms with Gasteiger partial charge in [0.05, 0.1) is 0 Å². The van der Waals surface area contributed by atoms with Gasteiger partial charge in [0.15, 0.2) is 11.9 Å². The number of hydrogen-bond acceptors (Lipinski definition) is 4. The van der Waals surface area contributed by atoms with Crippen LogP contribution >= 0.6 is 0 Å². The van der Waals surface area contributed by atoms with Gasteiger partial charge in [0.1, 0.15) is 28.8 Å². The zero-order valence-corrected chi connectivity index (χ0v) is 15.0. The average molecular weight is 370 g/mol. The van der Waals surface area contributed by atoms with E-state index in [9.17, 15) is 4.79 Å². The van der Waals surface area contributed by atoms with Crippen molar-refractivity contribution in [2.45, 2.75) is 6.10 Å². The first kappa shape index (κ1) is 17.6. The highest BCUT2D eigenvalue weighted by molar-refractivity contribution is 5.96. The number of carbonyl (C=O) groups is 1. The Morgan fingerprint density at radius 3 is 1.75 bits per heavy atom. The summed E-state index contributed by atoms with van der Waals surface area (Å²) < 4.78 is 17.4. The maximum atomic E-state index is 12.2. The highest BCUT2D eigenvalue weighted by Gasteiger charge is 2.21. The number of ketones is 1. The number of benzene rings is 3. The minimum Gasteiger partial charge on any atom is -0.478 e. The predicted octanol–water partition coefficient (Wildman–Crippen LogP) is 5.33. The molecule has 0 radical (unpaired) electrons. The maximum Gasteiger partial charge on any atom is 0.200 e. The Hall–Kier alpha value is -3.79. The molecule has 3 aromatic carbocycles. The van der Waals surface area contributed by atoms with Gasteiger partial charge in [-0.1, -0.05) is 36.4 Å². The summed E-state index contributed by atoms with van der Waals surface area (Å²) in [5.41, 5.74) is 0. The number of ether oxygens (including phenoxy) is 3. The average Bonchev–Trinajstić information content (AvgIpc) is 2.73. The van der Waals surface area contributed by atoms with E-state index in [0.29, 0.717) is 23.0 Å². The third-order valence-electron chi connectivity index (χ3n) is 4.05. The van der Waals surface area contributed by atoms with Crippen molar-refractivity contribution in [3.63, 3.8) is 0 Å². The fourth-order valence-corrected chi connectivity index (χ4v) is 2.69. The van der Waals surface area contributed by atoms with E-state index >= 15 is 0 Å². The first-order valence-corrected chi connectivity index (χ1v) is 8.92. The van der Waals surface area contributed by atoms with Crippen molar-refractivity contribution >= 4 is 5.78 Å². The van der Waals surface area contributed by atoms with Crippen molar-refractivity contribution in [1.29, 1.82) is 0 Å². The van der Waals surface area contributed by atoms with Gasteiger partial charge in [-0.3, -0.25) is 4.79 Å². The zero-order valence-electron chi connectivity index (χ0n) is 15.0. The Morgan fingerprint density at radius 2 is 1.11 bits per heavy atom. The Bertz CT molecular complexity index is 990. The summed E-state index contributed by atoms with van der Waals surface area (Å²) >= 11 is 0. The monoisotopic (exact) mass is 370 g/mol. The van der Waals surface area contributed by atoms with E-state index in [4.69, 9.17) is 14.2 Å². The van der Waals surface area contributed by atoms with Crippen LogP contribution in [0, 0.1) is 0 Å². The molecule has 1 unspecified atom stereocenters. The molecule has 0 amide bonds. The summed E-state index contributed by atoms with van der Waals surface area (Å²) in [5, 5.41) is 0. The largest absolute Gasteiger partial charge is 0.478 e. The fraction of sp³-hybridized carbons (Fsp3) is 0.0417. The van der Waals surface area contributed by atoms with E-state index in [0.717, 1.165) is 5.75 Å². The summed E-state index contributed by atoms with van der Waals surface area (Å²) in [6.45, 7) is 0. The summed E-state index contributed by atoms with van der Waals surface area (Å²) in [4.78, 5) is 12.2. The molecule has 0 heterocycles. The van der Waals surface area contributed by atoms with Crippen molar-refractivity contribution in [2.75, 3.05) is 0 Å². The van der Waals surface area contributed by atoms with Crippen LogP contribution in [0.5, 0.6) is 23.0 Å². The molecule has 1 aliphatic carbocycles. The number of hydrogen-bond donors (Lipinski definition) is 0. The van der Waals surface area contributed by atoms with Crippen LogP contribution in [0.3, 0.4) is 0 Å². The van der Waals surface area contributed by atoms with Crippen molar-refractivity contribution in [3.05, 3.63) is 109 Å². The normalized spacial score (nSPS) is 15.6. The van der Waals surface area contributed by atoms with E-state index in [2.05, 4.69) is 0 Å². The van der Waals surface area contributed by atoms with Gasteiger partial charge in [0, 0.05) is 6.08 Å². The molecule has 138 valence electrons. The lowest BCUT2D eigenvalue weighted by Gasteiger charge is -2.18. The Balaban J connectivity index is 1.42. The fourth-order valence-electron chi connectivity index (χ4n) is 2.69. The molecular weight excluding hydrogens is 352 g/mol. The van der Waals surface area contributed by atoms with Crippen LogP contribution in [0.2, 0.25) is 0 Å². The minimum atomic E-state index is -0.732. The first-order valence-electron chi connectivity index (χ1n) is 8.92. The number of rotatable bonds is 6. The van der Waals surface area contributed by atoms with Gasteiger partial charge in [-0.05, 0) is 60.7 Å². The predicted molar refractivity (Wildman–Crippen MR) is 107 cm³/mol. The van der Waals surface area contributed by atoms with E-state index < -0.39 is 6.10 Å². The second kappa shape index (κ2) is 8.27. The first-order chi connectivity index (χ1) is 13.8. The van der Waals surface area contributed by atoms with Gasteiger partial charge >= 0.3 is 0 Å². The smallest absolute Gasteiger partial charge is 0.200 e. The standard InChI is InChI=1S/C24H18O4/c25-23-16-15-22(27-19-9-5-2-6-10-19)17-24(23)28-21-13-11-20(12-14-21)26-18-7-3-1-4-8-18/h1-17,24H. The lowest BCUT2D eigenvalue weighted by atomic mass is 10.1. The van der Waals surface area contributed by atoms with Crippen molar-refractivity contribution < 1.29 is 19.0 Å². The SMILES string of the molecule is O=C1C=CC(Oc2ccccc2)=CC1Oc1ccc(Oc2ccccc2)cc1. The second-order valence-electron chi connectivity index (χ2n) is 6.14. The van der Waals surface area contributed by atoms with Crippen molar-refractivity contribution in [2.24, 2.45) is 0 Å². The quantitative estimate of drug-likeness (QED) is 0.588. The third kappa shape index (κ3) is 4.48. The molecule has 4 nitrogen and oxygen atoms in total. The van der Waals surface area contributed by atoms with Crippen LogP contribution in [0.4, 0.5) is 0 Å². The Labute approximate surface area is 163 Å². The molecule has 1 aliphatic rings. The molecule has 1 atom stereocenters. The molecule has 0 N–H and O–H groups in total. The number of allylic oxidation sites excluding steroid dienone is 1. The summed E-state index contributed by atoms with van der Waals surface area (Å²) in [7, 11) is 0. The molecule has 0 aliphatic heterocycles. The van der Waals surface area contributed by atoms with Crippen LogP contribution in [-0.4, -0.2) is 11.9 Å². The van der Waals surface area contributed by atoms with Crippen LogP contribution in [0.1, 0.15) is 0 Å². The molecule has 0 saturated heterocycles. The van der Waals surface area contributed by atoms with Crippen LogP contribution in [-0.2, 0) is 4.79 Å². The number of carbonyl (C=O) groups excluding carboxylic acids is 1. The van der Waals surface area contributed by atoms with E-state index in [1.54, 1.807) is 36.4 Å². The van der Waals surface area contributed by atoms with Gasteiger partial charge in [-0.25, -0.2) is 0 Å². The number of para-hydroxylation sites is 2. The summed E-state index contributed by atoms with van der Waals surface area (Å²) in [5.74, 6) is 3.16. The molecule has 3 aromatic rings. The maximum absolute atomic E-state index is 12.2. The summed E-state index contributed by atoms with van der Waals surface area (Å²) in [6, 6.07) is 26.1. The molecule has 0 saturated carbocycles. The van der Waals surface area contributed by atoms with Gasteiger partial charge < -0.3 is 14.2 Å². The lowest BCUT2D eigenvalue weighted by molar-refractivity contribution is -0.119. The Kier molecular flexibility index (Phi) is 5.20. The van der Waals surface area contributed by atoms with Gasteiger partial charge in [0.25, 0.3) is 0 Å². The van der Waals surface area contributed by atoms with E-state index in [1.807, 2.05) is 60.7 Å². The molecule has 28 heavy (non-hydrogen) atoms. The third-order valence-corrected chi connectivity index (χ3v) is 4.05. The molecule has 0 fully saturated rings. The van der Waals surface area contributed by atoms with Gasteiger partial charge in [-0.15, -0.1) is 0 Å². The van der Waals surface area contributed by atoms with Crippen molar-refractivity contribution in [1.82, 2.24) is 0 Å². The lowest BCUT2D eigenvalue weighted by Crippen LogP contribution is -2.26. The van der Waals surface area contributed by atoms with Crippen LogP contribution in [0.15, 0.2) is 109 Å². The molecule has 4 heteroatoms. The summed E-state index contributed by atoms with van der Waals surface area (Å²) in [6.07, 6.45) is 4.05. The molecule has 4 rings (SSSR count). The molecule has 0 spiro atoms. The van der Waals surface area contributed by atoms with Crippen LogP contribution < -0.4 is 14.2 Å². The minimum absolute atomic E-state index is 0.134. The van der Waals surface area contributed by atoms with Crippen molar-refractivity contribution in [3.8, 4) is 23.0 Å². The second-order valence-corrected chi connectivity index (χ2v) is 6.14. The van der Waals surface area contributed by atoms with Gasteiger partial charge in [-0.2, -0.15) is 0 Å². The van der Waals surface area contributed by atoms with Gasteiger partial charge in [0.2, 0.25) is 0 Å². The zero-order chi connectivity index (χ0) is 19.2. The van der Waals surface area contributed by atoms with E-state index in [-0.39, 0.29) is 5.78 Å². The highest BCUT2D eigenvalue weighted by atomic mass is 16.5. The topological polar surface area (TPSA) is 44.8 Å². The molecule has 0 aromatic heterocycles.